The lowest BCUT2D eigenvalue weighted by molar-refractivity contribution is 0.304. The zero-order chi connectivity index (χ0) is 12.4. The Morgan fingerprint density at radius 1 is 1.47 bits per heavy atom. The second kappa shape index (κ2) is 5.08. The summed E-state index contributed by atoms with van der Waals surface area (Å²) in [6.07, 6.45) is 4.26. The van der Waals surface area contributed by atoms with Crippen molar-refractivity contribution in [3.63, 3.8) is 0 Å². The Balaban J connectivity index is 2.26. The van der Waals surface area contributed by atoms with Crippen LogP contribution >= 0.6 is 0 Å². The molecule has 0 aromatic carbocycles. The molecule has 96 valence electrons. The van der Waals surface area contributed by atoms with Crippen LogP contribution in [0.3, 0.4) is 0 Å². The first-order valence-electron chi connectivity index (χ1n) is 6.48. The van der Waals surface area contributed by atoms with E-state index in [-0.39, 0.29) is 0 Å². The quantitative estimate of drug-likeness (QED) is 0.878. The largest absolute Gasteiger partial charge is 0.493 e. The monoisotopic (exact) mass is 237 g/mol. The van der Waals surface area contributed by atoms with E-state index in [1.54, 1.807) is 7.11 Å². The number of hydrogen-bond donors (Lipinski definition) is 1. The third kappa shape index (κ3) is 2.46. The van der Waals surface area contributed by atoms with Gasteiger partial charge in [-0.1, -0.05) is 6.92 Å². The van der Waals surface area contributed by atoms with Crippen LogP contribution in [0, 0.1) is 5.92 Å². The van der Waals surface area contributed by atoms with Gasteiger partial charge in [-0.2, -0.15) is 5.10 Å². The van der Waals surface area contributed by atoms with Gasteiger partial charge in [0.1, 0.15) is 0 Å². The van der Waals surface area contributed by atoms with Gasteiger partial charge in [-0.05, 0) is 39.2 Å². The molecule has 0 aliphatic carbocycles. The van der Waals surface area contributed by atoms with Crippen LogP contribution < -0.4 is 10.1 Å². The summed E-state index contributed by atoms with van der Waals surface area (Å²) in [5.74, 6) is 1.68. The van der Waals surface area contributed by atoms with E-state index in [0.29, 0.717) is 12.1 Å². The molecule has 0 radical (unpaired) electrons. The number of methoxy groups -OCH3 is 1. The average Bonchev–Trinajstić information content (AvgIpc) is 2.73. The van der Waals surface area contributed by atoms with Gasteiger partial charge in [0.05, 0.1) is 25.0 Å². The number of ether oxygens (including phenoxy) is 1. The Kier molecular flexibility index (Phi) is 3.72. The Hall–Kier alpha value is -1.03. The molecule has 0 saturated carbocycles. The normalized spacial score (nSPS) is 25.2. The van der Waals surface area contributed by atoms with Gasteiger partial charge in [-0.3, -0.25) is 4.68 Å². The van der Waals surface area contributed by atoms with Crippen LogP contribution in [0.5, 0.6) is 5.75 Å². The van der Waals surface area contributed by atoms with E-state index >= 15 is 0 Å². The number of nitrogens with zero attached hydrogens (tertiary/aromatic N) is 2. The highest BCUT2D eigenvalue weighted by molar-refractivity contribution is 5.29. The number of hydrogen-bond acceptors (Lipinski definition) is 3. The van der Waals surface area contributed by atoms with Crippen LogP contribution in [0.2, 0.25) is 0 Å². The van der Waals surface area contributed by atoms with E-state index in [4.69, 9.17) is 4.74 Å². The van der Waals surface area contributed by atoms with E-state index < -0.39 is 0 Å². The molecular formula is C13H23N3O. The van der Waals surface area contributed by atoms with Crippen molar-refractivity contribution in [2.24, 2.45) is 5.92 Å². The summed E-state index contributed by atoms with van der Waals surface area (Å²) in [5.41, 5.74) is 1.20. The maximum Gasteiger partial charge on any atom is 0.161 e. The molecule has 1 fully saturated rings. The molecule has 1 aliphatic rings. The van der Waals surface area contributed by atoms with Crippen LogP contribution in [0.4, 0.5) is 0 Å². The molecule has 0 spiro atoms. The van der Waals surface area contributed by atoms with Gasteiger partial charge in [-0.15, -0.1) is 0 Å². The smallest absolute Gasteiger partial charge is 0.161 e. The summed E-state index contributed by atoms with van der Waals surface area (Å²) < 4.78 is 7.51. The first kappa shape index (κ1) is 12.4. The number of piperidine rings is 1. The van der Waals surface area contributed by atoms with Crippen molar-refractivity contribution in [2.75, 3.05) is 13.7 Å². The highest BCUT2D eigenvalue weighted by atomic mass is 16.5. The minimum Gasteiger partial charge on any atom is -0.493 e. The molecule has 4 heteroatoms. The second-order valence-electron chi connectivity index (χ2n) is 5.28. The fraction of sp³-hybridized carbons (Fsp3) is 0.769. The van der Waals surface area contributed by atoms with Crippen LogP contribution in [0.25, 0.3) is 0 Å². The van der Waals surface area contributed by atoms with Crippen LogP contribution in [-0.2, 0) is 0 Å². The topological polar surface area (TPSA) is 39.1 Å². The van der Waals surface area contributed by atoms with Crippen molar-refractivity contribution >= 4 is 0 Å². The fourth-order valence-electron chi connectivity index (χ4n) is 2.49. The first-order valence-corrected chi connectivity index (χ1v) is 6.48. The molecule has 2 rings (SSSR count). The van der Waals surface area contributed by atoms with Crippen molar-refractivity contribution < 1.29 is 4.74 Å². The van der Waals surface area contributed by atoms with Crippen LogP contribution in [-0.4, -0.2) is 23.4 Å². The Bertz CT molecular complexity index is 365. The lowest BCUT2D eigenvalue weighted by Gasteiger charge is -2.29. The van der Waals surface area contributed by atoms with Crippen molar-refractivity contribution in [2.45, 2.75) is 45.7 Å². The van der Waals surface area contributed by atoms with E-state index in [9.17, 15) is 0 Å². The molecule has 1 saturated heterocycles. The number of rotatable bonds is 3. The highest BCUT2D eigenvalue weighted by Gasteiger charge is 2.26. The highest BCUT2D eigenvalue weighted by Crippen LogP contribution is 2.33. The van der Waals surface area contributed by atoms with E-state index in [1.165, 1.54) is 12.1 Å². The van der Waals surface area contributed by atoms with Gasteiger partial charge < -0.3 is 10.1 Å². The Labute approximate surface area is 103 Å². The maximum atomic E-state index is 5.43. The second-order valence-corrected chi connectivity index (χ2v) is 5.28. The lowest BCUT2D eigenvalue weighted by Crippen LogP contribution is -2.33. The predicted octanol–water partition coefficient (Wildman–Crippen LogP) is 2.53. The molecule has 1 aromatic heterocycles. The molecule has 0 amide bonds. The van der Waals surface area contributed by atoms with Crippen LogP contribution in [0.1, 0.15) is 51.4 Å². The van der Waals surface area contributed by atoms with Gasteiger partial charge >= 0.3 is 0 Å². The molecule has 2 atom stereocenters. The fourth-order valence-corrected chi connectivity index (χ4v) is 2.49. The summed E-state index contributed by atoms with van der Waals surface area (Å²) in [7, 11) is 1.72. The third-order valence-electron chi connectivity index (χ3n) is 3.50. The number of nitrogens with one attached hydrogen (secondary N) is 1. The lowest BCUT2D eigenvalue weighted by atomic mass is 9.94. The molecule has 2 unspecified atom stereocenters. The molecule has 2 heterocycles. The molecule has 0 bridgehead atoms. The molecule has 1 aromatic rings. The standard InChI is InChI=1S/C13H23N3O/c1-9(2)16-13(12(17-4)8-15-16)11-6-5-10(3)7-14-11/h8-11,14H,5-7H2,1-4H3. The van der Waals surface area contributed by atoms with Gasteiger partial charge in [0.2, 0.25) is 0 Å². The Morgan fingerprint density at radius 2 is 2.24 bits per heavy atom. The number of aromatic nitrogens is 2. The average molecular weight is 237 g/mol. The Morgan fingerprint density at radius 3 is 2.76 bits per heavy atom. The van der Waals surface area contributed by atoms with Gasteiger partial charge in [0, 0.05) is 6.04 Å². The van der Waals surface area contributed by atoms with Gasteiger partial charge in [0.25, 0.3) is 0 Å². The third-order valence-corrected chi connectivity index (χ3v) is 3.50. The van der Waals surface area contributed by atoms with Crippen LogP contribution in [0.15, 0.2) is 6.20 Å². The summed E-state index contributed by atoms with van der Waals surface area (Å²) >= 11 is 0. The van der Waals surface area contributed by atoms with Gasteiger partial charge in [0.15, 0.2) is 5.75 Å². The molecular weight excluding hydrogens is 214 g/mol. The minimum absolute atomic E-state index is 0.370. The molecule has 4 nitrogen and oxygen atoms in total. The minimum atomic E-state index is 0.370. The first-order chi connectivity index (χ1) is 8.13. The summed E-state index contributed by atoms with van der Waals surface area (Å²) in [6.45, 7) is 7.68. The van der Waals surface area contributed by atoms with E-state index in [0.717, 1.165) is 24.6 Å². The molecule has 1 N–H and O–H groups in total. The van der Waals surface area contributed by atoms with E-state index in [2.05, 4.69) is 35.9 Å². The zero-order valence-corrected chi connectivity index (χ0v) is 11.2. The van der Waals surface area contributed by atoms with Crippen molar-refractivity contribution in [3.05, 3.63) is 11.9 Å². The van der Waals surface area contributed by atoms with Crippen molar-refractivity contribution in [1.29, 1.82) is 0 Å². The van der Waals surface area contributed by atoms with E-state index in [1.807, 2.05) is 6.20 Å². The maximum absolute atomic E-state index is 5.43. The SMILES string of the molecule is COc1cnn(C(C)C)c1C1CCC(C)CN1. The predicted molar refractivity (Wildman–Crippen MR) is 68.3 cm³/mol. The summed E-state index contributed by atoms with van der Waals surface area (Å²) in [6, 6.07) is 0.751. The summed E-state index contributed by atoms with van der Waals surface area (Å²) in [4.78, 5) is 0. The summed E-state index contributed by atoms with van der Waals surface area (Å²) in [5, 5.41) is 8.03. The molecule has 1 aliphatic heterocycles. The van der Waals surface area contributed by atoms with Gasteiger partial charge in [-0.25, -0.2) is 0 Å². The van der Waals surface area contributed by atoms with Crippen molar-refractivity contribution in [3.8, 4) is 5.75 Å². The zero-order valence-electron chi connectivity index (χ0n) is 11.2. The van der Waals surface area contributed by atoms with Crippen molar-refractivity contribution in [1.82, 2.24) is 15.1 Å². The molecule has 17 heavy (non-hydrogen) atoms.